The van der Waals surface area contributed by atoms with E-state index in [-0.39, 0.29) is 23.6 Å². The van der Waals surface area contributed by atoms with E-state index in [0.717, 1.165) is 38.4 Å². The third kappa shape index (κ3) is 6.36. The van der Waals surface area contributed by atoms with Crippen LogP contribution in [0.15, 0.2) is 29.2 Å². The quantitative estimate of drug-likeness (QED) is 0.788. The second-order valence-electron chi connectivity index (χ2n) is 6.23. The van der Waals surface area contributed by atoms with Crippen LogP contribution in [0, 0.1) is 12.8 Å². The molecule has 0 spiro atoms. The smallest absolute Gasteiger partial charge is 0.235 e. The van der Waals surface area contributed by atoms with Crippen LogP contribution in [0.1, 0.15) is 31.7 Å². The van der Waals surface area contributed by atoms with Gasteiger partial charge >= 0.3 is 0 Å². The summed E-state index contributed by atoms with van der Waals surface area (Å²) < 4.78 is 0. The molecule has 0 aliphatic carbocycles. The van der Waals surface area contributed by atoms with Crippen LogP contribution < -0.4 is 5.32 Å². The minimum Gasteiger partial charge on any atom is -0.342 e. The van der Waals surface area contributed by atoms with E-state index in [4.69, 9.17) is 0 Å². The monoisotopic (exact) mass is 356 g/mol. The molecule has 23 heavy (non-hydrogen) atoms. The van der Waals surface area contributed by atoms with Gasteiger partial charge in [-0.25, -0.2) is 0 Å². The Labute approximate surface area is 151 Å². The molecule has 1 heterocycles. The molecule has 0 aromatic heterocycles. The Morgan fingerprint density at radius 2 is 1.91 bits per heavy atom. The molecular formula is C18H29ClN2OS. The van der Waals surface area contributed by atoms with Gasteiger partial charge in [-0.2, -0.15) is 0 Å². The van der Waals surface area contributed by atoms with Gasteiger partial charge in [-0.3, -0.25) is 4.79 Å². The van der Waals surface area contributed by atoms with Gasteiger partial charge in [-0.15, -0.1) is 24.2 Å². The molecule has 1 atom stereocenters. The van der Waals surface area contributed by atoms with Crippen LogP contribution >= 0.6 is 24.2 Å². The number of nitrogens with zero attached hydrogens (tertiary/aromatic N) is 1. The van der Waals surface area contributed by atoms with Gasteiger partial charge in [0.15, 0.2) is 0 Å². The maximum absolute atomic E-state index is 12.6. The summed E-state index contributed by atoms with van der Waals surface area (Å²) in [6, 6.07) is 8.42. The molecule has 1 aliphatic heterocycles. The van der Waals surface area contributed by atoms with Crippen LogP contribution in [0.3, 0.4) is 0 Å². The van der Waals surface area contributed by atoms with Crippen molar-refractivity contribution in [1.82, 2.24) is 10.2 Å². The number of likely N-dealkylation sites (tertiary alicyclic amines) is 1. The maximum atomic E-state index is 12.6. The normalized spacial score (nSPS) is 16.7. The summed E-state index contributed by atoms with van der Waals surface area (Å²) in [7, 11) is 2.00. The fourth-order valence-corrected chi connectivity index (χ4v) is 3.87. The molecule has 0 radical (unpaired) electrons. The number of hydrogen-bond acceptors (Lipinski definition) is 3. The highest BCUT2D eigenvalue weighted by Gasteiger charge is 2.26. The first kappa shape index (κ1) is 20.3. The molecule has 1 fully saturated rings. The molecule has 1 amide bonds. The van der Waals surface area contributed by atoms with E-state index in [9.17, 15) is 4.79 Å². The van der Waals surface area contributed by atoms with Gasteiger partial charge in [0.1, 0.15) is 0 Å². The lowest BCUT2D eigenvalue weighted by Gasteiger charge is -2.33. The van der Waals surface area contributed by atoms with Crippen molar-refractivity contribution in [1.29, 1.82) is 0 Å². The highest BCUT2D eigenvalue weighted by molar-refractivity contribution is 8.00. The number of hydrogen-bond donors (Lipinski definition) is 1. The molecule has 1 aromatic carbocycles. The molecule has 130 valence electrons. The number of piperidine rings is 1. The van der Waals surface area contributed by atoms with E-state index in [1.807, 2.05) is 14.0 Å². The van der Waals surface area contributed by atoms with Gasteiger partial charge in [0, 0.05) is 18.0 Å². The Kier molecular flexibility index (Phi) is 9.03. The third-order valence-corrected chi connectivity index (χ3v) is 5.51. The van der Waals surface area contributed by atoms with Crippen molar-refractivity contribution in [3.63, 3.8) is 0 Å². The number of benzene rings is 1. The molecule has 5 heteroatoms. The molecule has 3 nitrogen and oxygen atoms in total. The van der Waals surface area contributed by atoms with Crippen molar-refractivity contribution in [3.05, 3.63) is 29.8 Å². The average Bonchev–Trinajstić information content (AvgIpc) is 2.55. The summed E-state index contributed by atoms with van der Waals surface area (Å²) in [6.45, 7) is 7.04. The van der Waals surface area contributed by atoms with Gasteiger partial charge in [0.25, 0.3) is 0 Å². The lowest BCUT2D eigenvalue weighted by Crippen LogP contribution is -2.42. The lowest BCUT2D eigenvalue weighted by atomic mass is 9.93. The number of rotatable bonds is 6. The van der Waals surface area contributed by atoms with Crippen LogP contribution in [0.25, 0.3) is 0 Å². The van der Waals surface area contributed by atoms with Crippen molar-refractivity contribution in [2.75, 3.05) is 26.7 Å². The average molecular weight is 357 g/mol. The Morgan fingerprint density at radius 1 is 1.30 bits per heavy atom. The molecule has 2 rings (SSSR count). The molecule has 1 unspecified atom stereocenters. The largest absolute Gasteiger partial charge is 0.342 e. The Bertz CT molecular complexity index is 472. The summed E-state index contributed by atoms with van der Waals surface area (Å²) >= 11 is 1.67. The number of aryl methyl sites for hydroxylation is 1. The van der Waals surface area contributed by atoms with Crippen LogP contribution in [0.2, 0.25) is 0 Å². The van der Waals surface area contributed by atoms with E-state index in [2.05, 4.69) is 41.4 Å². The summed E-state index contributed by atoms with van der Waals surface area (Å²) in [4.78, 5) is 15.8. The van der Waals surface area contributed by atoms with Crippen molar-refractivity contribution >= 4 is 30.1 Å². The van der Waals surface area contributed by atoms with Crippen molar-refractivity contribution in [2.45, 2.75) is 43.3 Å². The first-order valence-corrected chi connectivity index (χ1v) is 9.15. The Hall–Kier alpha value is -0.710. The minimum atomic E-state index is -0.00318. The summed E-state index contributed by atoms with van der Waals surface area (Å²) in [5.41, 5.74) is 1.26. The molecule has 1 aliphatic rings. The van der Waals surface area contributed by atoms with Crippen LogP contribution in [0.4, 0.5) is 0 Å². The molecule has 1 saturated heterocycles. The molecular weight excluding hydrogens is 328 g/mol. The number of halogens is 1. The van der Waals surface area contributed by atoms with Crippen molar-refractivity contribution < 1.29 is 4.79 Å². The molecule has 1 N–H and O–H groups in total. The topological polar surface area (TPSA) is 32.3 Å². The van der Waals surface area contributed by atoms with Gasteiger partial charge in [-0.05, 0) is 64.8 Å². The second kappa shape index (κ2) is 10.2. The zero-order valence-electron chi connectivity index (χ0n) is 14.4. The van der Waals surface area contributed by atoms with Crippen LogP contribution in [-0.4, -0.2) is 42.7 Å². The van der Waals surface area contributed by atoms with Crippen LogP contribution in [-0.2, 0) is 4.79 Å². The Balaban J connectivity index is 0.00000264. The molecule has 0 bridgehead atoms. The number of carbonyl (C=O) groups is 1. The summed E-state index contributed by atoms with van der Waals surface area (Å²) in [5.74, 6) is 1.06. The first-order valence-electron chi connectivity index (χ1n) is 8.27. The van der Waals surface area contributed by atoms with Gasteiger partial charge in [-0.1, -0.05) is 17.7 Å². The fourth-order valence-electron chi connectivity index (χ4n) is 2.92. The number of amides is 1. The van der Waals surface area contributed by atoms with Crippen molar-refractivity contribution in [2.24, 2.45) is 5.92 Å². The van der Waals surface area contributed by atoms with Crippen LogP contribution in [0.5, 0.6) is 0 Å². The van der Waals surface area contributed by atoms with Gasteiger partial charge < -0.3 is 10.2 Å². The van der Waals surface area contributed by atoms with E-state index in [1.165, 1.54) is 16.9 Å². The first-order chi connectivity index (χ1) is 10.6. The number of thioether (sulfide) groups is 1. The standard InChI is InChI=1S/C18H28N2OS.ClH/c1-14-4-6-17(7-5-14)22-15(2)18(21)20-12-9-16(10-13-20)8-11-19-3;/h4-7,15-16,19H,8-13H2,1-3H3;1H. The SMILES string of the molecule is CNCCC1CCN(C(=O)C(C)Sc2ccc(C)cc2)CC1.Cl. The predicted molar refractivity (Wildman–Crippen MR) is 102 cm³/mol. The van der Waals surface area contributed by atoms with Crippen molar-refractivity contribution in [3.8, 4) is 0 Å². The van der Waals surface area contributed by atoms with E-state index < -0.39 is 0 Å². The van der Waals surface area contributed by atoms with E-state index in [0.29, 0.717) is 0 Å². The highest BCUT2D eigenvalue weighted by atomic mass is 35.5. The summed E-state index contributed by atoms with van der Waals surface area (Å²) in [6.07, 6.45) is 3.52. The maximum Gasteiger partial charge on any atom is 0.235 e. The lowest BCUT2D eigenvalue weighted by molar-refractivity contribution is -0.131. The summed E-state index contributed by atoms with van der Waals surface area (Å²) in [5, 5.41) is 3.21. The molecule has 1 aromatic rings. The second-order valence-corrected chi connectivity index (χ2v) is 7.65. The minimum absolute atomic E-state index is 0. The van der Waals surface area contributed by atoms with Gasteiger partial charge in [0.05, 0.1) is 5.25 Å². The zero-order chi connectivity index (χ0) is 15.9. The van der Waals surface area contributed by atoms with E-state index in [1.54, 1.807) is 11.8 Å². The third-order valence-electron chi connectivity index (χ3n) is 4.41. The number of carbonyl (C=O) groups excluding carboxylic acids is 1. The fraction of sp³-hybridized carbons (Fsp3) is 0.611. The predicted octanol–water partition coefficient (Wildman–Crippen LogP) is 3.75. The highest BCUT2D eigenvalue weighted by Crippen LogP contribution is 2.27. The Morgan fingerprint density at radius 3 is 2.48 bits per heavy atom. The molecule has 0 saturated carbocycles. The van der Waals surface area contributed by atoms with E-state index >= 15 is 0 Å². The van der Waals surface area contributed by atoms with Gasteiger partial charge in [0.2, 0.25) is 5.91 Å². The zero-order valence-corrected chi connectivity index (χ0v) is 16.0. The number of nitrogens with one attached hydrogen (secondary N) is 1.